The zero-order chi connectivity index (χ0) is 14.9. The van der Waals surface area contributed by atoms with Gasteiger partial charge in [-0.15, -0.1) is 0 Å². The molecule has 2 atom stereocenters. The van der Waals surface area contributed by atoms with Gasteiger partial charge in [0.15, 0.2) is 0 Å². The third-order valence-corrected chi connectivity index (χ3v) is 5.19. The number of rotatable bonds is 4. The highest BCUT2D eigenvalue weighted by atomic mass is 16.1. The molecule has 1 saturated carbocycles. The van der Waals surface area contributed by atoms with Gasteiger partial charge in [-0.25, -0.2) is 0 Å². The van der Waals surface area contributed by atoms with Crippen LogP contribution in [-0.4, -0.2) is 36.0 Å². The summed E-state index contributed by atoms with van der Waals surface area (Å²) < 4.78 is 0. The van der Waals surface area contributed by atoms with Crippen molar-refractivity contribution in [2.75, 3.05) is 13.1 Å². The largest absolute Gasteiger partial charge is 0.352 e. The molecule has 116 valence electrons. The first-order valence-corrected chi connectivity index (χ1v) is 8.41. The van der Waals surface area contributed by atoms with Crippen molar-refractivity contribution in [3.63, 3.8) is 0 Å². The molecule has 1 amide bonds. The number of piperidine rings is 1. The fourth-order valence-corrected chi connectivity index (χ4v) is 3.58. The Morgan fingerprint density at radius 3 is 2.25 bits per heavy atom. The third-order valence-electron chi connectivity index (χ3n) is 5.19. The number of carbonyl (C=O) groups excluding carboxylic acids is 1. The number of carbonyl (C=O) groups is 1. The SMILES string of the molecule is CC1CC(N2CC(NC(=O)C(C)C)CC(C(C)C)C2)C1. The van der Waals surface area contributed by atoms with Gasteiger partial charge < -0.3 is 5.32 Å². The first-order chi connectivity index (χ1) is 9.36. The minimum Gasteiger partial charge on any atom is -0.352 e. The quantitative estimate of drug-likeness (QED) is 0.859. The molecule has 0 aromatic heterocycles. The van der Waals surface area contributed by atoms with Gasteiger partial charge in [0, 0.05) is 31.1 Å². The van der Waals surface area contributed by atoms with Crippen LogP contribution < -0.4 is 5.32 Å². The second kappa shape index (κ2) is 6.46. The van der Waals surface area contributed by atoms with E-state index in [1.165, 1.54) is 19.4 Å². The van der Waals surface area contributed by atoms with Crippen molar-refractivity contribution >= 4 is 5.91 Å². The Labute approximate surface area is 124 Å². The Bertz CT molecular complexity index is 334. The van der Waals surface area contributed by atoms with Crippen LogP contribution in [0.25, 0.3) is 0 Å². The average Bonchev–Trinajstić information content (AvgIpc) is 2.34. The standard InChI is InChI=1S/C17H32N2O/c1-11(2)14-8-15(18-17(20)12(3)4)10-19(9-14)16-6-13(5)7-16/h11-16H,6-10H2,1-5H3,(H,18,20). The highest BCUT2D eigenvalue weighted by molar-refractivity contribution is 5.78. The van der Waals surface area contributed by atoms with Gasteiger partial charge in [-0.1, -0.05) is 34.6 Å². The second-order valence-electron chi connectivity index (χ2n) is 7.78. The van der Waals surface area contributed by atoms with Crippen LogP contribution in [0.15, 0.2) is 0 Å². The van der Waals surface area contributed by atoms with Crippen molar-refractivity contribution in [1.82, 2.24) is 10.2 Å². The van der Waals surface area contributed by atoms with Crippen LogP contribution in [-0.2, 0) is 4.79 Å². The van der Waals surface area contributed by atoms with Crippen molar-refractivity contribution in [2.45, 2.75) is 66.0 Å². The Kier molecular flexibility index (Phi) is 5.11. The number of nitrogens with zero attached hydrogens (tertiary/aromatic N) is 1. The van der Waals surface area contributed by atoms with Crippen molar-refractivity contribution in [3.8, 4) is 0 Å². The molecule has 1 N–H and O–H groups in total. The normalized spacial score (nSPS) is 35.1. The first-order valence-electron chi connectivity index (χ1n) is 8.41. The van der Waals surface area contributed by atoms with Crippen LogP contribution in [0.4, 0.5) is 0 Å². The van der Waals surface area contributed by atoms with Crippen molar-refractivity contribution in [3.05, 3.63) is 0 Å². The minimum atomic E-state index is 0.0894. The summed E-state index contributed by atoms with van der Waals surface area (Å²) in [4.78, 5) is 14.6. The average molecular weight is 280 g/mol. The van der Waals surface area contributed by atoms with Gasteiger partial charge >= 0.3 is 0 Å². The number of hydrogen-bond acceptors (Lipinski definition) is 2. The third kappa shape index (κ3) is 3.75. The summed E-state index contributed by atoms with van der Waals surface area (Å²) >= 11 is 0. The molecular weight excluding hydrogens is 248 g/mol. The molecule has 2 rings (SSSR count). The Hall–Kier alpha value is -0.570. The van der Waals surface area contributed by atoms with Gasteiger partial charge in [-0.05, 0) is 37.0 Å². The molecule has 3 heteroatoms. The molecule has 1 saturated heterocycles. The molecule has 0 radical (unpaired) electrons. The van der Waals surface area contributed by atoms with E-state index >= 15 is 0 Å². The van der Waals surface area contributed by atoms with Gasteiger partial charge in [0.25, 0.3) is 0 Å². The van der Waals surface area contributed by atoms with E-state index in [4.69, 9.17) is 0 Å². The van der Waals surface area contributed by atoms with Crippen LogP contribution in [0.5, 0.6) is 0 Å². The number of amides is 1. The molecule has 2 unspecified atom stereocenters. The molecule has 20 heavy (non-hydrogen) atoms. The van der Waals surface area contributed by atoms with Gasteiger partial charge in [0.05, 0.1) is 0 Å². The van der Waals surface area contributed by atoms with Gasteiger partial charge in [0.1, 0.15) is 0 Å². The predicted molar refractivity (Wildman–Crippen MR) is 83.5 cm³/mol. The summed E-state index contributed by atoms with van der Waals surface area (Å²) in [7, 11) is 0. The summed E-state index contributed by atoms with van der Waals surface area (Å²) in [6.45, 7) is 13.2. The molecule has 2 aliphatic rings. The lowest BCUT2D eigenvalue weighted by atomic mass is 9.77. The summed E-state index contributed by atoms with van der Waals surface area (Å²) in [5, 5.41) is 3.27. The Morgan fingerprint density at radius 2 is 1.75 bits per heavy atom. The number of hydrogen-bond donors (Lipinski definition) is 1. The number of likely N-dealkylation sites (tertiary alicyclic amines) is 1. The Balaban J connectivity index is 1.95. The zero-order valence-corrected chi connectivity index (χ0v) is 13.9. The molecule has 0 spiro atoms. The highest BCUT2D eigenvalue weighted by Crippen LogP contribution is 2.35. The minimum absolute atomic E-state index is 0.0894. The van der Waals surface area contributed by atoms with Crippen LogP contribution in [0.3, 0.4) is 0 Å². The molecular formula is C17H32N2O. The zero-order valence-electron chi connectivity index (χ0n) is 13.9. The predicted octanol–water partition coefficient (Wildman–Crippen LogP) is 2.90. The lowest BCUT2D eigenvalue weighted by Gasteiger charge is -2.48. The Morgan fingerprint density at radius 1 is 1.10 bits per heavy atom. The van der Waals surface area contributed by atoms with Crippen molar-refractivity contribution in [2.24, 2.45) is 23.7 Å². The van der Waals surface area contributed by atoms with E-state index in [1.54, 1.807) is 0 Å². The molecule has 3 nitrogen and oxygen atoms in total. The molecule has 1 aliphatic carbocycles. The van der Waals surface area contributed by atoms with Gasteiger partial charge in [-0.3, -0.25) is 9.69 Å². The lowest BCUT2D eigenvalue weighted by molar-refractivity contribution is -0.125. The van der Waals surface area contributed by atoms with E-state index in [2.05, 4.69) is 31.0 Å². The molecule has 2 fully saturated rings. The van der Waals surface area contributed by atoms with E-state index in [9.17, 15) is 4.79 Å². The fraction of sp³-hybridized carbons (Fsp3) is 0.941. The molecule has 0 aromatic rings. The second-order valence-corrected chi connectivity index (χ2v) is 7.78. The molecule has 0 bridgehead atoms. The van der Waals surface area contributed by atoms with Crippen LogP contribution in [0.1, 0.15) is 53.9 Å². The summed E-state index contributed by atoms with van der Waals surface area (Å²) in [5.74, 6) is 2.61. The van der Waals surface area contributed by atoms with Gasteiger partial charge in [0.2, 0.25) is 5.91 Å². The van der Waals surface area contributed by atoms with E-state index in [0.717, 1.165) is 30.8 Å². The maximum Gasteiger partial charge on any atom is 0.222 e. The molecule has 1 heterocycles. The maximum absolute atomic E-state index is 12.0. The maximum atomic E-state index is 12.0. The van der Waals surface area contributed by atoms with Crippen molar-refractivity contribution < 1.29 is 4.79 Å². The smallest absolute Gasteiger partial charge is 0.222 e. The van der Waals surface area contributed by atoms with Crippen molar-refractivity contribution in [1.29, 1.82) is 0 Å². The summed E-state index contributed by atoms with van der Waals surface area (Å²) in [6.07, 6.45) is 3.83. The number of nitrogens with one attached hydrogen (secondary N) is 1. The lowest BCUT2D eigenvalue weighted by Crippen LogP contribution is -2.57. The van der Waals surface area contributed by atoms with E-state index < -0.39 is 0 Å². The van der Waals surface area contributed by atoms with E-state index in [0.29, 0.717) is 12.0 Å². The molecule has 1 aliphatic heterocycles. The van der Waals surface area contributed by atoms with Gasteiger partial charge in [-0.2, -0.15) is 0 Å². The van der Waals surface area contributed by atoms with Crippen LogP contribution in [0.2, 0.25) is 0 Å². The molecule has 0 aromatic carbocycles. The highest BCUT2D eigenvalue weighted by Gasteiger charge is 2.37. The topological polar surface area (TPSA) is 32.3 Å². The van der Waals surface area contributed by atoms with Crippen LogP contribution >= 0.6 is 0 Å². The summed E-state index contributed by atoms with van der Waals surface area (Å²) in [5.41, 5.74) is 0. The monoisotopic (exact) mass is 280 g/mol. The van der Waals surface area contributed by atoms with Crippen LogP contribution in [0, 0.1) is 23.7 Å². The first kappa shape index (κ1) is 15.8. The fourth-order valence-electron chi connectivity index (χ4n) is 3.58. The van der Waals surface area contributed by atoms with E-state index in [1.807, 2.05) is 13.8 Å². The summed E-state index contributed by atoms with van der Waals surface area (Å²) in [6, 6.07) is 1.12. The van der Waals surface area contributed by atoms with E-state index in [-0.39, 0.29) is 11.8 Å².